The van der Waals surface area contributed by atoms with Crippen LogP contribution in [0.3, 0.4) is 0 Å². The fourth-order valence-electron chi connectivity index (χ4n) is 6.63. The number of likely N-dealkylation sites (tertiary alicyclic amines) is 1. The Morgan fingerprint density at radius 3 is 2.69 bits per heavy atom. The van der Waals surface area contributed by atoms with Gasteiger partial charge in [0.05, 0.1) is 20.1 Å². The summed E-state index contributed by atoms with van der Waals surface area (Å²) in [5.74, 6) is 0.121. The molecule has 35 heavy (non-hydrogen) atoms. The second kappa shape index (κ2) is 8.81. The number of quaternary nitrogens is 1. The third-order valence-corrected chi connectivity index (χ3v) is 8.43. The Morgan fingerprint density at radius 2 is 1.91 bits per heavy atom. The van der Waals surface area contributed by atoms with Crippen molar-refractivity contribution in [2.75, 3.05) is 26.7 Å². The number of hydrogen-bond donors (Lipinski definition) is 3. The van der Waals surface area contributed by atoms with Crippen molar-refractivity contribution in [2.45, 2.75) is 42.7 Å². The van der Waals surface area contributed by atoms with Gasteiger partial charge in [-0.25, -0.2) is 0 Å². The van der Waals surface area contributed by atoms with E-state index in [1.165, 1.54) is 0 Å². The van der Waals surface area contributed by atoms with Crippen LogP contribution in [0.2, 0.25) is 0 Å². The molecule has 0 spiro atoms. The van der Waals surface area contributed by atoms with Crippen molar-refractivity contribution in [3.63, 3.8) is 0 Å². The van der Waals surface area contributed by atoms with Gasteiger partial charge in [0.1, 0.15) is 17.9 Å². The number of phenolic OH excluding ortho intramolecular Hbond substituents is 1. The maximum atomic E-state index is 13.3. The van der Waals surface area contributed by atoms with Gasteiger partial charge < -0.3 is 20.0 Å². The van der Waals surface area contributed by atoms with Crippen LogP contribution < -0.4 is 5.32 Å². The van der Waals surface area contributed by atoms with Crippen molar-refractivity contribution in [2.24, 2.45) is 0 Å². The van der Waals surface area contributed by atoms with Gasteiger partial charge in [0.2, 0.25) is 0 Å². The first-order valence-corrected chi connectivity index (χ1v) is 12.5. The molecule has 1 unspecified atom stereocenters. The minimum atomic E-state index is -0.930. The Kier molecular flexibility index (Phi) is 5.94. The van der Waals surface area contributed by atoms with E-state index in [4.69, 9.17) is 0 Å². The SMILES string of the molecule is C=CC[N@@+]1(C)CC[C@@]2(c3cccc(O)c3)C[C@H](NC(=O)c3ccc4ccccc4c3)CCC2(O)C1. The maximum absolute atomic E-state index is 13.3. The highest BCUT2D eigenvalue weighted by atomic mass is 16.3. The van der Waals surface area contributed by atoms with E-state index in [0.29, 0.717) is 31.4 Å². The molecule has 0 aromatic heterocycles. The third kappa shape index (κ3) is 4.24. The van der Waals surface area contributed by atoms with Gasteiger partial charge in [0, 0.05) is 23.4 Å². The molecule has 1 saturated carbocycles. The van der Waals surface area contributed by atoms with Gasteiger partial charge in [-0.2, -0.15) is 0 Å². The van der Waals surface area contributed by atoms with Gasteiger partial charge in [0.25, 0.3) is 5.91 Å². The van der Waals surface area contributed by atoms with Gasteiger partial charge in [-0.3, -0.25) is 4.79 Å². The molecule has 2 fully saturated rings. The number of aliphatic hydroxyl groups is 1. The van der Waals surface area contributed by atoms with E-state index in [0.717, 1.165) is 40.3 Å². The normalized spacial score (nSPS) is 30.4. The number of piperidine rings is 1. The zero-order chi connectivity index (χ0) is 24.7. The number of phenols is 1. The summed E-state index contributed by atoms with van der Waals surface area (Å²) in [6, 6.07) is 21.1. The summed E-state index contributed by atoms with van der Waals surface area (Å²) in [7, 11) is 2.18. The summed E-state index contributed by atoms with van der Waals surface area (Å²) in [5, 5.41) is 27.9. The molecular formula is C30H35N2O3+. The lowest BCUT2D eigenvalue weighted by atomic mass is 9.55. The van der Waals surface area contributed by atoms with Gasteiger partial charge in [0.15, 0.2) is 0 Å². The fraction of sp³-hybridized carbons (Fsp3) is 0.367. The highest BCUT2D eigenvalue weighted by Gasteiger charge is 2.61. The summed E-state index contributed by atoms with van der Waals surface area (Å²) in [6.07, 6.45) is 4.65. The Hall–Kier alpha value is -3.15. The summed E-state index contributed by atoms with van der Waals surface area (Å²) < 4.78 is 0.745. The van der Waals surface area contributed by atoms with Gasteiger partial charge in [-0.15, -0.1) is 0 Å². The van der Waals surface area contributed by atoms with Crippen LogP contribution in [0.25, 0.3) is 10.8 Å². The van der Waals surface area contributed by atoms with Crippen molar-refractivity contribution >= 4 is 16.7 Å². The highest BCUT2D eigenvalue weighted by molar-refractivity contribution is 5.98. The minimum absolute atomic E-state index is 0.0622. The van der Waals surface area contributed by atoms with Gasteiger partial charge >= 0.3 is 0 Å². The lowest BCUT2D eigenvalue weighted by Gasteiger charge is -2.59. The quantitative estimate of drug-likeness (QED) is 0.378. The monoisotopic (exact) mass is 471 g/mol. The number of likely N-dealkylation sites (N-methyl/N-ethyl adjacent to an activating group) is 1. The van der Waals surface area contributed by atoms with Crippen molar-refractivity contribution in [1.82, 2.24) is 5.32 Å². The Labute approximate surface area is 207 Å². The number of aromatic hydroxyl groups is 1. The molecule has 1 saturated heterocycles. The van der Waals surface area contributed by atoms with Crippen LogP contribution in [0.4, 0.5) is 0 Å². The topological polar surface area (TPSA) is 69.6 Å². The number of rotatable bonds is 5. The maximum Gasteiger partial charge on any atom is 0.251 e. The van der Waals surface area contributed by atoms with Crippen LogP contribution in [0.1, 0.15) is 41.6 Å². The summed E-state index contributed by atoms with van der Waals surface area (Å²) in [5.41, 5.74) is 0.134. The molecule has 0 bridgehead atoms. The van der Waals surface area contributed by atoms with Crippen LogP contribution in [0.15, 0.2) is 79.4 Å². The molecule has 5 rings (SSSR count). The Morgan fingerprint density at radius 1 is 1.11 bits per heavy atom. The number of nitrogens with one attached hydrogen (secondary N) is 1. The van der Waals surface area contributed by atoms with Crippen LogP contribution in [0.5, 0.6) is 5.75 Å². The van der Waals surface area contributed by atoms with Crippen LogP contribution in [-0.2, 0) is 5.41 Å². The first kappa shape index (κ1) is 23.6. The van der Waals surface area contributed by atoms with Crippen molar-refractivity contribution in [3.05, 3.63) is 90.5 Å². The average molecular weight is 472 g/mol. The second-order valence-corrected chi connectivity index (χ2v) is 10.9. The second-order valence-electron chi connectivity index (χ2n) is 10.9. The van der Waals surface area contributed by atoms with Crippen molar-refractivity contribution in [1.29, 1.82) is 0 Å². The molecule has 3 N–H and O–H groups in total. The molecule has 3 aromatic carbocycles. The van der Waals surface area contributed by atoms with E-state index >= 15 is 0 Å². The number of hydrogen-bond acceptors (Lipinski definition) is 3. The summed E-state index contributed by atoms with van der Waals surface area (Å²) in [6.45, 7) is 6.26. The highest BCUT2D eigenvalue weighted by Crippen LogP contribution is 2.53. The van der Waals surface area contributed by atoms with E-state index in [1.807, 2.05) is 60.7 Å². The lowest BCUT2D eigenvalue weighted by molar-refractivity contribution is -0.918. The predicted molar refractivity (Wildman–Crippen MR) is 139 cm³/mol. The van der Waals surface area contributed by atoms with E-state index < -0.39 is 11.0 Å². The molecule has 2 aliphatic rings. The number of benzene rings is 3. The van der Waals surface area contributed by atoms with Gasteiger partial charge in [-0.1, -0.05) is 49.0 Å². The Bertz CT molecular complexity index is 1270. The van der Waals surface area contributed by atoms with Crippen molar-refractivity contribution in [3.8, 4) is 5.75 Å². The summed E-state index contributed by atoms with van der Waals surface area (Å²) in [4.78, 5) is 13.3. The Balaban J connectivity index is 1.44. The number of nitrogens with zero attached hydrogens (tertiary/aromatic N) is 1. The van der Waals surface area contributed by atoms with E-state index in [2.05, 4.69) is 18.9 Å². The molecule has 1 heterocycles. The fourth-order valence-corrected chi connectivity index (χ4v) is 6.63. The molecule has 3 aromatic rings. The largest absolute Gasteiger partial charge is 0.508 e. The lowest BCUT2D eigenvalue weighted by Crippen LogP contribution is -2.71. The van der Waals surface area contributed by atoms with E-state index in [-0.39, 0.29) is 17.7 Å². The average Bonchev–Trinajstić information content (AvgIpc) is 2.84. The summed E-state index contributed by atoms with van der Waals surface area (Å²) >= 11 is 0. The molecule has 0 radical (unpaired) electrons. The smallest absolute Gasteiger partial charge is 0.251 e. The third-order valence-electron chi connectivity index (χ3n) is 8.43. The zero-order valence-electron chi connectivity index (χ0n) is 20.4. The molecule has 5 heteroatoms. The molecular weight excluding hydrogens is 436 g/mol. The van der Waals surface area contributed by atoms with Crippen LogP contribution >= 0.6 is 0 Å². The first-order valence-electron chi connectivity index (χ1n) is 12.5. The molecule has 1 amide bonds. The molecule has 1 aliphatic heterocycles. The molecule has 1 aliphatic carbocycles. The number of fused-ring (bicyclic) bond motifs is 2. The predicted octanol–water partition coefficient (Wildman–Crippen LogP) is 4.53. The van der Waals surface area contributed by atoms with Gasteiger partial charge in [-0.05, 0) is 65.9 Å². The number of carbonyl (C=O) groups is 1. The minimum Gasteiger partial charge on any atom is -0.508 e. The number of amides is 1. The molecule has 5 nitrogen and oxygen atoms in total. The van der Waals surface area contributed by atoms with E-state index in [1.54, 1.807) is 12.1 Å². The number of carbonyl (C=O) groups excluding carboxylic acids is 1. The van der Waals surface area contributed by atoms with E-state index in [9.17, 15) is 15.0 Å². The molecule has 4 atom stereocenters. The van der Waals surface area contributed by atoms with Crippen molar-refractivity contribution < 1.29 is 19.5 Å². The standard InChI is InChI=1S/C30H34N2O3/c1-3-16-32(2)17-15-29(25-9-6-10-27(33)19-25)20-26(13-14-30(29,35)21-32)31-28(34)24-12-11-22-7-4-5-8-23(22)18-24/h3-12,18-19,26,35H,1,13-17,20-21H2,2H3,(H-,31,33,34)/p+1/t26-,29+,30?,32+/m1/s1. The van der Waals surface area contributed by atoms with Crippen LogP contribution in [-0.4, -0.2) is 58.9 Å². The van der Waals surface area contributed by atoms with Crippen LogP contribution in [0, 0.1) is 0 Å². The zero-order valence-corrected chi connectivity index (χ0v) is 20.4. The molecule has 182 valence electrons. The first-order chi connectivity index (χ1) is 16.8.